The highest BCUT2D eigenvalue weighted by Gasteiger charge is 2.22. The van der Waals surface area contributed by atoms with Crippen LogP contribution in [0.3, 0.4) is 0 Å². The van der Waals surface area contributed by atoms with Crippen LogP contribution < -0.4 is 4.74 Å². The van der Waals surface area contributed by atoms with E-state index in [1.807, 2.05) is 53.1 Å². The molecule has 0 unspecified atom stereocenters. The number of pyridine rings is 1. The first-order valence-electron chi connectivity index (χ1n) is 10.0. The Balaban J connectivity index is 1.41. The Hall–Kier alpha value is -2.84. The summed E-state index contributed by atoms with van der Waals surface area (Å²) in [6.45, 7) is 1.58. The molecule has 0 bridgehead atoms. The predicted molar refractivity (Wildman–Crippen MR) is 116 cm³/mol. The highest BCUT2D eigenvalue weighted by Crippen LogP contribution is 2.29. The Labute approximate surface area is 179 Å². The Bertz CT molecular complexity index is 1100. The van der Waals surface area contributed by atoms with E-state index < -0.39 is 0 Å². The van der Waals surface area contributed by atoms with E-state index in [1.54, 1.807) is 18.9 Å². The van der Waals surface area contributed by atoms with Crippen LogP contribution in [0.25, 0.3) is 17.0 Å². The molecule has 0 radical (unpaired) electrons. The van der Waals surface area contributed by atoms with Crippen molar-refractivity contribution in [3.63, 3.8) is 0 Å². The minimum atomic E-state index is 0.201. The maximum absolute atomic E-state index is 5.89. The van der Waals surface area contributed by atoms with Gasteiger partial charge in [-0.15, -0.1) is 10.2 Å². The molecule has 8 heteroatoms. The Morgan fingerprint density at radius 3 is 2.83 bits per heavy atom. The van der Waals surface area contributed by atoms with E-state index in [2.05, 4.69) is 21.0 Å². The van der Waals surface area contributed by atoms with E-state index in [-0.39, 0.29) is 6.10 Å². The number of hydrogen-bond donors (Lipinski definition) is 0. The van der Waals surface area contributed by atoms with Crippen LogP contribution in [0.1, 0.15) is 18.5 Å². The van der Waals surface area contributed by atoms with Crippen LogP contribution in [0.15, 0.2) is 60.0 Å². The number of hydrogen-bond acceptors (Lipinski definition) is 6. The van der Waals surface area contributed by atoms with E-state index in [0.717, 1.165) is 65.4 Å². The monoisotopic (exact) mass is 421 g/mol. The molecule has 0 N–H and O–H groups in total. The molecule has 4 heterocycles. The molecule has 1 saturated heterocycles. The number of aromatic nitrogens is 5. The van der Waals surface area contributed by atoms with Crippen LogP contribution in [-0.2, 0) is 17.0 Å². The van der Waals surface area contributed by atoms with Gasteiger partial charge in [-0.2, -0.15) is 0 Å². The zero-order valence-corrected chi connectivity index (χ0v) is 17.6. The van der Waals surface area contributed by atoms with Gasteiger partial charge in [0.05, 0.1) is 25.5 Å². The number of benzene rings is 1. The maximum atomic E-state index is 5.89. The fraction of sp³-hybridized carbons (Fsp3) is 0.318. The van der Waals surface area contributed by atoms with Crippen molar-refractivity contribution in [3.05, 3.63) is 60.6 Å². The molecule has 1 fully saturated rings. The van der Waals surface area contributed by atoms with Crippen molar-refractivity contribution < 1.29 is 9.47 Å². The summed E-state index contributed by atoms with van der Waals surface area (Å²) < 4.78 is 15.4. The lowest BCUT2D eigenvalue weighted by Gasteiger charge is -2.14. The molecular formula is C22H23N5O2S. The number of thioether (sulfide) groups is 1. The molecule has 1 atom stereocenters. The second-order valence-electron chi connectivity index (χ2n) is 7.27. The lowest BCUT2D eigenvalue weighted by atomic mass is 10.2. The molecule has 30 heavy (non-hydrogen) atoms. The third-order valence-electron chi connectivity index (χ3n) is 5.24. The van der Waals surface area contributed by atoms with Gasteiger partial charge >= 0.3 is 0 Å². The quantitative estimate of drug-likeness (QED) is 0.419. The molecule has 0 saturated carbocycles. The van der Waals surface area contributed by atoms with Gasteiger partial charge in [-0.1, -0.05) is 17.8 Å². The molecule has 1 aliphatic heterocycles. The minimum absolute atomic E-state index is 0.201. The van der Waals surface area contributed by atoms with Gasteiger partial charge in [0, 0.05) is 30.3 Å². The molecule has 5 rings (SSSR count). The molecule has 3 aromatic heterocycles. The van der Waals surface area contributed by atoms with Gasteiger partial charge in [-0.3, -0.25) is 4.57 Å². The highest BCUT2D eigenvalue weighted by atomic mass is 32.2. The number of ether oxygens (including phenoxy) is 2. The first-order chi connectivity index (χ1) is 14.8. The lowest BCUT2D eigenvalue weighted by Crippen LogP contribution is -2.16. The molecule has 154 valence electrons. The summed E-state index contributed by atoms with van der Waals surface area (Å²) in [5.41, 5.74) is 2.98. The van der Waals surface area contributed by atoms with Crippen molar-refractivity contribution >= 4 is 17.4 Å². The van der Waals surface area contributed by atoms with Gasteiger partial charge in [0.2, 0.25) is 0 Å². The summed E-state index contributed by atoms with van der Waals surface area (Å²) in [5, 5.41) is 9.89. The zero-order valence-electron chi connectivity index (χ0n) is 16.8. The molecule has 4 aromatic rings. The van der Waals surface area contributed by atoms with Crippen molar-refractivity contribution in [1.29, 1.82) is 0 Å². The number of methoxy groups -OCH3 is 1. The van der Waals surface area contributed by atoms with Gasteiger partial charge in [0.15, 0.2) is 11.0 Å². The van der Waals surface area contributed by atoms with Crippen LogP contribution >= 0.6 is 11.8 Å². The fourth-order valence-electron chi connectivity index (χ4n) is 3.70. The van der Waals surface area contributed by atoms with Crippen LogP contribution in [0.5, 0.6) is 5.75 Å². The van der Waals surface area contributed by atoms with Crippen LogP contribution in [0.2, 0.25) is 0 Å². The van der Waals surface area contributed by atoms with Crippen molar-refractivity contribution in [2.75, 3.05) is 13.7 Å². The van der Waals surface area contributed by atoms with Gasteiger partial charge in [0.1, 0.15) is 11.4 Å². The first kappa shape index (κ1) is 19.1. The third-order valence-corrected chi connectivity index (χ3v) is 6.24. The molecule has 0 aliphatic carbocycles. The Kier molecular flexibility index (Phi) is 5.42. The number of nitrogens with zero attached hydrogens (tertiary/aromatic N) is 5. The molecule has 0 amide bonds. The van der Waals surface area contributed by atoms with Crippen molar-refractivity contribution in [2.45, 2.75) is 36.4 Å². The van der Waals surface area contributed by atoms with Gasteiger partial charge in [-0.05, 0) is 49.2 Å². The Morgan fingerprint density at radius 2 is 2.07 bits per heavy atom. The molecule has 7 nitrogen and oxygen atoms in total. The van der Waals surface area contributed by atoms with E-state index >= 15 is 0 Å². The van der Waals surface area contributed by atoms with E-state index in [4.69, 9.17) is 14.5 Å². The molecule has 1 aliphatic rings. The van der Waals surface area contributed by atoms with Gasteiger partial charge in [0.25, 0.3) is 0 Å². The maximum Gasteiger partial charge on any atom is 0.191 e. The van der Waals surface area contributed by atoms with E-state index in [0.29, 0.717) is 0 Å². The minimum Gasteiger partial charge on any atom is -0.497 e. The smallest absolute Gasteiger partial charge is 0.191 e. The van der Waals surface area contributed by atoms with Crippen molar-refractivity contribution in [2.24, 2.45) is 0 Å². The van der Waals surface area contributed by atoms with E-state index in [9.17, 15) is 0 Å². The molecule has 1 aromatic carbocycles. The Morgan fingerprint density at radius 1 is 1.17 bits per heavy atom. The summed E-state index contributed by atoms with van der Waals surface area (Å²) in [4.78, 5) is 4.69. The van der Waals surface area contributed by atoms with Crippen LogP contribution in [0, 0.1) is 0 Å². The zero-order chi connectivity index (χ0) is 20.3. The molecule has 0 spiro atoms. The number of rotatable bonds is 7. The first-order valence-corrected chi connectivity index (χ1v) is 11.0. The second kappa shape index (κ2) is 8.49. The lowest BCUT2D eigenvalue weighted by molar-refractivity contribution is 0.0953. The van der Waals surface area contributed by atoms with Crippen LogP contribution in [0.4, 0.5) is 0 Å². The summed E-state index contributed by atoms with van der Waals surface area (Å²) >= 11 is 1.66. The second-order valence-corrected chi connectivity index (χ2v) is 8.21. The number of imidazole rings is 1. The van der Waals surface area contributed by atoms with Crippen molar-refractivity contribution in [1.82, 2.24) is 24.1 Å². The van der Waals surface area contributed by atoms with Gasteiger partial charge < -0.3 is 13.9 Å². The predicted octanol–water partition coefficient (Wildman–Crippen LogP) is 4.07. The number of fused-ring (bicyclic) bond motifs is 1. The van der Waals surface area contributed by atoms with Crippen molar-refractivity contribution in [3.8, 4) is 17.1 Å². The van der Waals surface area contributed by atoms with Gasteiger partial charge in [-0.25, -0.2) is 4.98 Å². The average Bonchev–Trinajstić information content (AvgIpc) is 3.52. The molecular weight excluding hydrogens is 398 g/mol. The largest absolute Gasteiger partial charge is 0.497 e. The normalized spacial score (nSPS) is 16.4. The van der Waals surface area contributed by atoms with Crippen LogP contribution in [-0.4, -0.2) is 44.0 Å². The highest BCUT2D eigenvalue weighted by molar-refractivity contribution is 7.98. The standard InChI is InChI=1S/C22H23N5O2S/c1-28-18-9-7-16(8-10-18)21-24-25-22(27(21)14-19-5-4-12-29-19)30-15-17-13-26-11-3-2-6-20(26)23-17/h2-3,6-11,13,19H,4-5,12,14-15H2,1H3/t19-/m0/s1. The summed E-state index contributed by atoms with van der Waals surface area (Å²) in [5.74, 6) is 2.41. The summed E-state index contributed by atoms with van der Waals surface area (Å²) in [6.07, 6.45) is 6.45. The summed E-state index contributed by atoms with van der Waals surface area (Å²) in [7, 11) is 1.67. The topological polar surface area (TPSA) is 66.5 Å². The van der Waals surface area contributed by atoms with E-state index in [1.165, 1.54) is 0 Å². The summed E-state index contributed by atoms with van der Waals surface area (Å²) in [6, 6.07) is 13.9. The SMILES string of the molecule is COc1ccc(-c2nnc(SCc3cn4ccccc4n3)n2C[C@@H]2CCCO2)cc1. The third kappa shape index (κ3) is 3.93. The fourth-order valence-corrected chi connectivity index (χ4v) is 4.53. The average molecular weight is 422 g/mol.